The summed E-state index contributed by atoms with van der Waals surface area (Å²) >= 11 is 4.89. The largest absolute Gasteiger partial charge is 0.310 e. The molecule has 2 nitrogen and oxygen atoms in total. The topological polar surface area (TPSA) is 24.9 Å². The van der Waals surface area contributed by atoms with Crippen LogP contribution >= 0.6 is 27.3 Å². The first-order valence-electron chi connectivity index (χ1n) is 5.75. The van der Waals surface area contributed by atoms with E-state index in [1.165, 1.54) is 12.1 Å². The van der Waals surface area contributed by atoms with E-state index < -0.39 is 0 Å². The summed E-state index contributed by atoms with van der Waals surface area (Å²) in [5.41, 5.74) is 0.807. The smallest absolute Gasteiger partial charge is 0.125 e. The first kappa shape index (κ1) is 13.6. The van der Waals surface area contributed by atoms with Crippen molar-refractivity contribution in [3.63, 3.8) is 0 Å². The molecule has 2 rings (SSSR count). The van der Waals surface area contributed by atoms with Crippen molar-refractivity contribution in [2.45, 2.75) is 19.9 Å². The molecule has 2 aromatic rings. The molecule has 1 aromatic carbocycles. The van der Waals surface area contributed by atoms with E-state index in [1.54, 1.807) is 11.3 Å². The molecular formula is C13H14BrFN2S. The molecule has 0 bridgehead atoms. The fraction of sp³-hybridized carbons (Fsp3) is 0.308. The number of benzene rings is 1. The van der Waals surface area contributed by atoms with Crippen LogP contribution in [0, 0.1) is 5.82 Å². The van der Waals surface area contributed by atoms with Gasteiger partial charge in [-0.3, -0.25) is 0 Å². The Morgan fingerprint density at radius 1 is 1.44 bits per heavy atom. The zero-order valence-electron chi connectivity index (χ0n) is 10.2. The molecule has 5 heteroatoms. The standard InChI is InChI=1S/C13H14BrFN2S/c1-3-16-8(2)12-7-17-13(18-12)9-4-10(14)6-11(15)5-9/h4-8,16H,3H2,1-2H3. The molecule has 96 valence electrons. The lowest BCUT2D eigenvalue weighted by Crippen LogP contribution is -2.16. The molecule has 0 aliphatic heterocycles. The molecular weight excluding hydrogens is 315 g/mol. The normalized spacial score (nSPS) is 12.7. The van der Waals surface area contributed by atoms with Crippen LogP contribution < -0.4 is 5.32 Å². The third-order valence-corrected chi connectivity index (χ3v) is 4.26. The van der Waals surface area contributed by atoms with E-state index in [2.05, 4.69) is 40.1 Å². The van der Waals surface area contributed by atoms with Gasteiger partial charge in [-0.1, -0.05) is 22.9 Å². The van der Waals surface area contributed by atoms with Gasteiger partial charge in [-0.2, -0.15) is 0 Å². The van der Waals surface area contributed by atoms with E-state index in [0.29, 0.717) is 0 Å². The van der Waals surface area contributed by atoms with Crippen LogP contribution in [0.5, 0.6) is 0 Å². The molecule has 1 aromatic heterocycles. The van der Waals surface area contributed by atoms with Crippen LogP contribution in [0.25, 0.3) is 10.6 Å². The van der Waals surface area contributed by atoms with Crippen LogP contribution in [0.2, 0.25) is 0 Å². The van der Waals surface area contributed by atoms with E-state index in [9.17, 15) is 4.39 Å². The van der Waals surface area contributed by atoms with Gasteiger partial charge >= 0.3 is 0 Å². The number of hydrogen-bond donors (Lipinski definition) is 1. The van der Waals surface area contributed by atoms with Crippen molar-refractivity contribution in [3.05, 3.63) is 39.6 Å². The Kier molecular flexibility index (Phi) is 4.48. The van der Waals surface area contributed by atoms with E-state index >= 15 is 0 Å². The number of rotatable bonds is 4. The molecule has 1 atom stereocenters. The highest BCUT2D eigenvalue weighted by atomic mass is 79.9. The predicted octanol–water partition coefficient (Wildman–Crippen LogP) is 4.38. The Hall–Kier alpha value is -0.780. The number of halogens is 2. The first-order valence-corrected chi connectivity index (χ1v) is 7.36. The molecule has 1 heterocycles. The van der Waals surface area contributed by atoms with Gasteiger partial charge in [0.1, 0.15) is 10.8 Å². The zero-order valence-corrected chi connectivity index (χ0v) is 12.6. The number of aromatic nitrogens is 1. The fourth-order valence-corrected chi connectivity index (χ4v) is 3.10. The van der Waals surface area contributed by atoms with E-state index in [0.717, 1.165) is 26.5 Å². The lowest BCUT2D eigenvalue weighted by molar-refractivity contribution is 0.606. The maximum Gasteiger partial charge on any atom is 0.125 e. The van der Waals surface area contributed by atoms with Crippen molar-refractivity contribution < 1.29 is 4.39 Å². The van der Waals surface area contributed by atoms with Crippen LogP contribution in [0.1, 0.15) is 24.8 Å². The van der Waals surface area contributed by atoms with Gasteiger partial charge in [0.05, 0.1) is 0 Å². The molecule has 0 spiro atoms. The van der Waals surface area contributed by atoms with Gasteiger partial charge in [0.2, 0.25) is 0 Å². The molecule has 0 aliphatic carbocycles. The van der Waals surface area contributed by atoms with Crippen molar-refractivity contribution in [2.24, 2.45) is 0 Å². The van der Waals surface area contributed by atoms with Gasteiger partial charge in [0.15, 0.2) is 0 Å². The maximum atomic E-state index is 13.3. The van der Waals surface area contributed by atoms with Crippen LogP contribution in [0.3, 0.4) is 0 Å². The fourth-order valence-electron chi connectivity index (χ4n) is 1.70. The van der Waals surface area contributed by atoms with Crippen molar-refractivity contribution in [1.82, 2.24) is 10.3 Å². The molecule has 0 aliphatic rings. The van der Waals surface area contributed by atoms with E-state index in [-0.39, 0.29) is 11.9 Å². The summed E-state index contributed by atoms with van der Waals surface area (Å²) < 4.78 is 14.1. The summed E-state index contributed by atoms with van der Waals surface area (Å²) in [4.78, 5) is 5.52. The zero-order chi connectivity index (χ0) is 13.1. The van der Waals surface area contributed by atoms with Crippen LogP contribution in [0.15, 0.2) is 28.9 Å². The minimum Gasteiger partial charge on any atom is -0.310 e. The minimum atomic E-state index is -0.254. The van der Waals surface area contributed by atoms with Gasteiger partial charge in [-0.05, 0) is 31.7 Å². The molecule has 0 saturated carbocycles. The van der Waals surface area contributed by atoms with Gasteiger partial charge in [0.25, 0.3) is 0 Å². The SMILES string of the molecule is CCNC(C)c1cnc(-c2cc(F)cc(Br)c2)s1. The second kappa shape index (κ2) is 5.91. The molecule has 18 heavy (non-hydrogen) atoms. The second-order valence-electron chi connectivity index (χ2n) is 4.01. The Morgan fingerprint density at radius 2 is 2.22 bits per heavy atom. The molecule has 0 fully saturated rings. The Bertz CT molecular complexity index is 521. The van der Waals surface area contributed by atoms with E-state index in [1.807, 2.05) is 12.3 Å². The highest BCUT2D eigenvalue weighted by Gasteiger charge is 2.11. The van der Waals surface area contributed by atoms with Gasteiger partial charge in [-0.15, -0.1) is 11.3 Å². The molecule has 0 saturated heterocycles. The highest BCUT2D eigenvalue weighted by molar-refractivity contribution is 9.10. The number of nitrogens with zero attached hydrogens (tertiary/aromatic N) is 1. The van der Waals surface area contributed by atoms with Crippen molar-refractivity contribution in [2.75, 3.05) is 6.54 Å². The second-order valence-corrected chi connectivity index (χ2v) is 5.98. The number of hydrogen-bond acceptors (Lipinski definition) is 3. The lowest BCUT2D eigenvalue weighted by Gasteiger charge is -2.08. The molecule has 1 N–H and O–H groups in total. The van der Waals surface area contributed by atoms with Gasteiger partial charge in [0, 0.05) is 27.2 Å². The summed E-state index contributed by atoms with van der Waals surface area (Å²) in [7, 11) is 0. The lowest BCUT2D eigenvalue weighted by atomic mass is 10.2. The summed E-state index contributed by atoms with van der Waals surface area (Å²) in [5, 5.41) is 4.18. The van der Waals surface area contributed by atoms with Crippen LogP contribution in [0.4, 0.5) is 4.39 Å². The summed E-state index contributed by atoms with van der Waals surface area (Å²) in [6, 6.07) is 5.10. The Morgan fingerprint density at radius 3 is 2.89 bits per heavy atom. The van der Waals surface area contributed by atoms with E-state index in [4.69, 9.17) is 0 Å². The van der Waals surface area contributed by atoms with Crippen molar-refractivity contribution in [1.29, 1.82) is 0 Å². The number of nitrogens with one attached hydrogen (secondary N) is 1. The average molecular weight is 329 g/mol. The first-order chi connectivity index (χ1) is 8.60. The Labute approximate surface area is 118 Å². The monoisotopic (exact) mass is 328 g/mol. The highest BCUT2D eigenvalue weighted by Crippen LogP contribution is 2.30. The minimum absolute atomic E-state index is 0.254. The molecule has 0 amide bonds. The van der Waals surface area contributed by atoms with Gasteiger partial charge < -0.3 is 5.32 Å². The summed E-state index contributed by atoms with van der Waals surface area (Å²) in [6.07, 6.45) is 1.85. The Balaban J connectivity index is 2.29. The molecule has 0 radical (unpaired) electrons. The van der Waals surface area contributed by atoms with Crippen molar-refractivity contribution >= 4 is 27.3 Å². The third-order valence-electron chi connectivity index (χ3n) is 2.57. The van der Waals surface area contributed by atoms with Gasteiger partial charge in [-0.25, -0.2) is 9.37 Å². The quantitative estimate of drug-likeness (QED) is 0.900. The van der Waals surface area contributed by atoms with Crippen molar-refractivity contribution in [3.8, 4) is 10.6 Å². The van der Waals surface area contributed by atoms with Crippen LogP contribution in [-0.2, 0) is 0 Å². The van der Waals surface area contributed by atoms with Crippen LogP contribution in [-0.4, -0.2) is 11.5 Å². The maximum absolute atomic E-state index is 13.3. The number of thiazole rings is 1. The third kappa shape index (κ3) is 3.16. The summed E-state index contributed by atoms with van der Waals surface area (Å²) in [5.74, 6) is -0.254. The molecule has 1 unspecified atom stereocenters. The predicted molar refractivity (Wildman–Crippen MR) is 77.3 cm³/mol. The summed E-state index contributed by atoms with van der Waals surface area (Å²) in [6.45, 7) is 5.09. The average Bonchev–Trinajstić information content (AvgIpc) is 2.77.